The predicted octanol–water partition coefficient (Wildman–Crippen LogP) is 3.47. The van der Waals surface area contributed by atoms with Gasteiger partial charge in [-0.05, 0) is 35.9 Å². The van der Waals surface area contributed by atoms with Crippen LogP contribution in [0.3, 0.4) is 0 Å². The van der Waals surface area contributed by atoms with E-state index in [1.807, 2.05) is 0 Å². The van der Waals surface area contributed by atoms with Crippen molar-refractivity contribution in [3.05, 3.63) is 74.4 Å². The second-order valence-corrected chi connectivity index (χ2v) is 5.97. The minimum absolute atomic E-state index is 0.0177. The summed E-state index contributed by atoms with van der Waals surface area (Å²) < 4.78 is 0.861. The molecule has 7 nitrogen and oxygen atoms in total. The molecule has 0 atom stereocenters. The highest BCUT2D eigenvalue weighted by molar-refractivity contribution is 9.10. The van der Waals surface area contributed by atoms with Crippen LogP contribution in [0, 0.1) is 10.1 Å². The van der Waals surface area contributed by atoms with Crippen molar-refractivity contribution in [1.82, 2.24) is 5.32 Å². The molecule has 0 aliphatic carbocycles. The fourth-order valence-corrected chi connectivity index (χ4v) is 2.24. The molecule has 0 spiro atoms. The molecule has 0 aliphatic heterocycles. The molecule has 0 aliphatic rings. The van der Waals surface area contributed by atoms with E-state index in [4.69, 9.17) is 0 Å². The lowest BCUT2D eigenvalue weighted by atomic mass is 10.1. The molecule has 2 aromatic rings. The van der Waals surface area contributed by atoms with Gasteiger partial charge in [0.25, 0.3) is 11.6 Å². The number of rotatable bonds is 5. The van der Waals surface area contributed by atoms with Crippen molar-refractivity contribution in [2.45, 2.75) is 6.92 Å². The van der Waals surface area contributed by atoms with Crippen LogP contribution in [-0.4, -0.2) is 16.7 Å². The molecule has 0 saturated heterocycles. The van der Waals surface area contributed by atoms with Crippen LogP contribution in [-0.2, 0) is 9.59 Å². The number of anilines is 1. The Morgan fingerprint density at radius 3 is 2.44 bits per heavy atom. The molecule has 8 heteroatoms. The van der Waals surface area contributed by atoms with Crippen LogP contribution in [0.4, 0.5) is 11.4 Å². The third kappa shape index (κ3) is 5.54. The molecule has 0 unspecified atom stereocenters. The first-order chi connectivity index (χ1) is 11.8. The van der Waals surface area contributed by atoms with Gasteiger partial charge in [-0.25, -0.2) is 0 Å². The summed E-state index contributed by atoms with van der Waals surface area (Å²) in [7, 11) is 0. The molecular weight excluding hydrogens is 390 g/mol. The molecule has 0 heterocycles. The Kier molecular flexibility index (Phi) is 6.02. The van der Waals surface area contributed by atoms with Gasteiger partial charge in [0.05, 0.1) is 4.92 Å². The fraction of sp³-hybridized carbons (Fsp3) is 0.0588. The van der Waals surface area contributed by atoms with Crippen molar-refractivity contribution in [2.75, 3.05) is 5.32 Å². The number of non-ortho nitro benzene ring substituents is 1. The van der Waals surface area contributed by atoms with Gasteiger partial charge in [0, 0.05) is 29.2 Å². The number of hydrogen-bond acceptors (Lipinski definition) is 4. The number of nitro groups is 1. The van der Waals surface area contributed by atoms with Crippen molar-refractivity contribution < 1.29 is 14.5 Å². The van der Waals surface area contributed by atoms with E-state index in [1.54, 1.807) is 30.3 Å². The maximum Gasteiger partial charge on any atom is 0.272 e. The molecule has 0 fully saturated rings. The van der Waals surface area contributed by atoms with Gasteiger partial charge in [0.15, 0.2) is 0 Å². The van der Waals surface area contributed by atoms with Crippen molar-refractivity contribution in [3.63, 3.8) is 0 Å². The topological polar surface area (TPSA) is 101 Å². The van der Waals surface area contributed by atoms with Crippen LogP contribution in [0.1, 0.15) is 12.5 Å². The fourth-order valence-electron chi connectivity index (χ4n) is 1.97. The Morgan fingerprint density at radius 1 is 1.16 bits per heavy atom. The van der Waals surface area contributed by atoms with Crippen LogP contribution in [0.15, 0.2) is 58.7 Å². The zero-order valence-electron chi connectivity index (χ0n) is 13.2. The average Bonchev–Trinajstić information content (AvgIpc) is 2.56. The monoisotopic (exact) mass is 403 g/mol. The average molecular weight is 404 g/mol. The summed E-state index contributed by atoms with van der Waals surface area (Å²) in [5.74, 6) is -0.966. The molecule has 128 valence electrons. The molecule has 2 rings (SSSR count). The van der Waals surface area contributed by atoms with Crippen molar-refractivity contribution in [1.29, 1.82) is 0 Å². The van der Waals surface area contributed by atoms with Crippen LogP contribution < -0.4 is 10.6 Å². The van der Waals surface area contributed by atoms with Gasteiger partial charge in [0.2, 0.25) is 5.91 Å². The van der Waals surface area contributed by atoms with E-state index >= 15 is 0 Å². The molecule has 0 bridgehead atoms. The van der Waals surface area contributed by atoms with E-state index in [-0.39, 0.29) is 11.4 Å². The summed E-state index contributed by atoms with van der Waals surface area (Å²) in [6.45, 7) is 1.27. The molecule has 25 heavy (non-hydrogen) atoms. The zero-order valence-corrected chi connectivity index (χ0v) is 14.7. The number of carbonyl (C=O) groups is 2. The minimum Gasteiger partial charge on any atom is -0.322 e. The van der Waals surface area contributed by atoms with Crippen LogP contribution in [0.2, 0.25) is 0 Å². The normalized spacial score (nSPS) is 10.9. The summed E-state index contributed by atoms with van der Waals surface area (Å²) in [5.41, 5.74) is 0.840. The zero-order chi connectivity index (χ0) is 18.4. The number of nitrogens with one attached hydrogen (secondary N) is 2. The van der Waals surface area contributed by atoms with E-state index in [1.165, 1.54) is 31.2 Å². The molecule has 0 aromatic heterocycles. The number of halogens is 1. The molecule has 2 amide bonds. The maximum absolute atomic E-state index is 12.4. The van der Waals surface area contributed by atoms with Crippen LogP contribution >= 0.6 is 15.9 Å². The predicted molar refractivity (Wildman–Crippen MR) is 97.7 cm³/mol. The van der Waals surface area contributed by atoms with Gasteiger partial charge >= 0.3 is 0 Å². The van der Waals surface area contributed by atoms with Gasteiger partial charge in [-0.1, -0.05) is 28.1 Å². The van der Waals surface area contributed by atoms with E-state index in [9.17, 15) is 19.7 Å². The van der Waals surface area contributed by atoms with Gasteiger partial charge < -0.3 is 10.6 Å². The lowest BCUT2D eigenvalue weighted by molar-refractivity contribution is -0.384. The van der Waals surface area contributed by atoms with Crippen molar-refractivity contribution >= 4 is 45.2 Å². The first kappa shape index (κ1) is 18.3. The Labute approximate surface area is 152 Å². The number of benzene rings is 2. The minimum atomic E-state index is -0.538. The number of carbonyl (C=O) groups excluding carboxylic acids is 2. The van der Waals surface area contributed by atoms with Gasteiger partial charge in [-0.15, -0.1) is 0 Å². The molecule has 2 N–H and O–H groups in total. The maximum atomic E-state index is 12.4. The summed E-state index contributed by atoms with van der Waals surface area (Å²) in [6.07, 6.45) is 1.38. The van der Waals surface area contributed by atoms with Gasteiger partial charge in [-0.2, -0.15) is 0 Å². The first-order valence-electron chi connectivity index (χ1n) is 7.16. The standard InChI is InChI=1S/C17H14BrN3O4/c1-11(22)19-16(10-12-3-2-4-15(9-12)21(24)25)17(23)20-14-7-5-13(18)6-8-14/h2-10H,1H3,(H,19,22)(H,20,23). The number of nitrogens with zero attached hydrogens (tertiary/aromatic N) is 1. The Morgan fingerprint density at radius 2 is 1.84 bits per heavy atom. The van der Waals surface area contributed by atoms with Crippen molar-refractivity contribution in [3.8, 4) is 0 Å². The molecule has 2 aromatic carbocycles. The van der Waals surface area contributed by atoms with E-state index in [2.05, 4.69) is 26.6 Å². The van der Waals surface area contributed by atoms with Gasteiger partial charge in [-0.3, -0.25) is 19.7 Å². The Hall–Kier alpha value is -3.00. The van der Waals surface area contributed by atoms with E-state index < -0.39 is 16.7 Å². The SMILES string of the molecule is CC(=O)NC(=Cc1cccc([N+](=O)[O-])c1)C(=O)Nc1ccc(Br)cc1. The molecule has 0 saturated carbocycles. The van der Waals surface area contributed by atoms with E-state index in [0.29, 0.717) is 11.3 Å². The number of nitro benzene ring substituents is 1. The highest BCUT2D eigenvalue weighted by atomic mass is 79.9. The number of amides is 2. The second kappa shape index (κ2) is 8.20. The molecular formula is C17H14BrN3O4. The Balaban J connectivity index is 2.29. The lowest BCUT2D eigenvalue weighted by Crippen LogP contribution is -2.28. The smallest absolute Gasteiger partial charge is 0.272 e. The van der Waals surface area contributed by atoms with E-state index in [0.717, 1.165) is 4.47 Å². The number of hydrogen-bond donors (Lipinski definition) is 2. The quantitative estimate of drug-likeness (QED) is 0.453. The Bertz CT molecular complexity index is 847. The van der Waals surface area contributed by atoms with Crippen LogP contribution in [0.25, 0.3) is 6.08 Å². The summed E-state index contributed by atoms with van der Waals surface area (Å²) in [6, 6.07) is 12.7. The van der Waals surface area contributed by atoms with Gasteiger partial charge in [0.1, 0.15) is 5.70 Å². The highest BCUT2D eigenvalue weighted by Crippen LogP contribution is 2.17. The highest BCUT2D eigenvalue weighted by Gasteiger charge is 2.13. The summed E-state index contributed by atoms with van der Waals surface area (Å²) in [4.78, 5) is 34.1. The third-order valence-electron chi connectivity index (χ3n) is 3.05. The molecule has 0 radical (unpaired) electrons. The van der Waals surface area contributed by atoms with Crippen molar-refractivity contribution in [2.24, 2.45) is 0 Å². The summed E-state index contributed by atoms with van der Waals surface area (Å²) in [5, 5.41) is 15.9. The second-order valence-electron chi connectivity index (χ2n) is 5.05. The largest absolute Gasteiger partial charge is 0.322 e. The first-order valence-corrected chi connectivity index (χ1v) is 7.95. The summed E-state index contributed by atoms with van der Waals surface area (Å²) >= 11 is 3.30. The van der Waals surface area contributed by atoms with Crippen LogP contribution in [0.5, 0.6) is 0 Å². The lowest BCUT2D eigenvalue weighted by Gasteiger charge is -2.10. The third-order valence-corrected chi connectivity index (χ3v) is 3.58.